The Bertz CT molecular complexity index is 623. The van der Waals surface area contributed by atoms with Gasteiger partial charge in [0.05, 0.1) is 18.7 Å². The average Bonchev–Trinajstić information content (AvgIpc) is 2.73. The summed E-state index contributed by atoms with van der Waals surface area (Å²) in [6.07, 6.45) is 1.98. The van der Waals surface area contributed by atoms with E-state index in [4.69, 9.17) is 9.15 Å². The lowest BCUT2D eigenvalue weighted by molar-refractivity contribution is 0.0743. The molecule has 0 saturated carbocycles. The first-order chi connectivity index (χ1) is 9.24. The third-order valence-corrected chi connectivity index (χ3v) is 3.64. The van der Waals surface area contributed by atoms with E-state index >= 15 is 0 Å². The van der Waals surface area contributed by atoms with Crippen molar-refractivity contribution in [3.8, 4) is 0 Å². The Morgan fingerprint density at radius 2 is 2.37 bits per heavy atom. The predicted molar refractivity (Wildman–Crippen MR) is 72.4 cm³/mol. The van der Waals surface area contributed by atoms with Crippen LogP contribution in [-0.4, -0.2) is 30.4 Å². The van der Waals surface area contributed by atoms with Crippen LogP contribution in [0.5, 0.6) is 0 Å². The smallest absolute Gasteiger partial charge is 0.408 e. The maximum absolute atomic E-state index is 11.4. The zero-order valence-electron chi connectivity index (χ0n) is 11.0. The lowest BCUT2D eigenvalue weighted by atomic mass is 10.0. The molecule has 2 aromatic rings. The zero-order chi connectivity index (χ0) is 13.2. The molecule has 1 aliphatic heterocycles. The van der Waals surface area contributed by atoms with Gasteiger partial charge in [0, 0.05) is 19.6 Å². The Balaban J connectivity index is 1.72. The molecule has 5 heteroatoms. The van der Waals surface area contributed by atoms with Gasteiger partial charge < -0.3 is 14.5 Å². The minimum Gasteiger partial charge on any atom is -0.408 e. The molecule has 1 aromatic carbocycles. The van der Waals surface area contributed by atoms with Gasteiger partial charge in [0.2, 0.25) is 0 Å². The first-order valence-electron chi connectivity index (χ1n) is 6.63. The van der Waals surface area contributed by atoms with Gasteiger partial charge in [-0.1, -0.05) is 6.07 Å². The molecular formula is C14H18N2O3. The number of hydrogen-bond acceptors (Lipinski definition) is 4. The van der Waals surface area contributed by atoms with Crippen molar-refractivity contribution in [2.24, 2.45) is 7.05 Å². The number of oxazole rings is 1. The molecular weight excluding hydrogens is 244 g/mol. The molecule has 1 atom stereocenters. The molecule has 3 rings (SSSR count). The van der Waals surface area contributed by atoms with Crippen molar-refractivity contribution in [2.75, 3.05) is 19.8 Å². The molecule has 102 valence electrons. The molecule has 1 fully saturated rings. The Kier molecular flexibility index (Phi) is 3.40. The van der Waals surface area contributed by atoms with Gasteiger partial charge in [0.1, 0.15) is 0 Å². The first-order valence-corrected chi connectivity index (χ1v) is 6.63. The molecule has 19 heavy (non-hydrogen) atoms. The second-order valence-corrected chi connectivity index (χ2v) is 4.99. The van der Waals surface area contributed by atoms with Gasteiger partial charge in [-0.25, -0.2) is 4.79 Å². The number of aryl methyl sites for hydroxylation is 2. The summed E-state index contributed by atoms with van der Waals surface area (Å²) in [6.45, 7) is 2.51. The summed E-state index contributed by atoms with van der Waals surface area (Å²) >= 11 is 0. The Morgan fingerprint density at radius 3 is 3.16 bits per heavy atom. The van der Waals surface area contributed by atoms with E-state index in [1.165, 1.54) is 10.1 Å². The zero-order valence-corrected chi connectivity index (χ0v) is 11.0. The molecule has 1 aliphatic rings. The predicted octanol–water partition coefficient (Wildman–Crippen LogP) is 1.05. The van der Waals surface area contributed by atoms with Gasteiger partial charge in [-0.05, 0) is 30.5 Å². The van der Waals surface area contributed by atoms with Crippen molar-refractivity contribution in [3.63, 3.8) is 0 Å². The van der Waals surface area contributed by atoms with E-state index in [1.54, 1.807) is 7.05 Å². The minimum atomic E-state index is -0.311. The molecule has 0 spiro atoms. The van der Waals surface area contributed by atoms with E-state index in [0.29, 0.717) is 11.6 Å². The number of benzene rings is 1. The summed E-state index contributed by atoms with van der Waals surface area (Å²) in [4.78, 5) is 11.4. The lowest BCUT2D eigenvalue weighted by Gasteiger charge is -2.23. The van der Waals surface area contributed by atoms with E-state index in [2.05, 4.69) is 11.4 Å². The highest BCUT2D eigenvalue weighted by atomic mass is 16.5. The lowest BCUT2D eigenvalue weighted by Crippen LogP contribution is -2.41. The van der Waals surface area contributed by atoms with Crippen LogP contribution in [0.3, 0.4) is 0 Å². The topological polar surface area (TPSA) is 56.4 Å². The van der Waals surface area contributed by atoms with E-state index in [1.807, 2.05) is 12.1 Å². The van der Waals surface area contributed by atoms with E-state index in [9.17, 15) is 4.79 Å². The number of nitrogens with zero attached hydrogens (tertiary/aromatic N) is 1. The fourth-order valence-electron chi connectivity index (χ4n) is 2.48. The Labute approximate surface area is 111 Å². The molecule has 1 N–H and O–H groups in total. The van der Waals surface area contributed by atoms with Crippen LogP contribution in [0.15, 0.2) is 27.4 Å². The van der Waals surface area contributed by atoms with E-state index < -0.39 is 0 Å². The van der Waals surface area contributed by atoms with Crippen LogP contribution in [0, 0.1) is 0 Å². The second kappa shape index (κ2) is 5.19. The summed E-state index contributed by atoms with van der Waals surface area (Å²) in [5, 5.41) is 3.44. The summed E-state index contributed by atoms with van der Waals surface area (Å²) in [5.41, 5.74) is 2.69. The van der Waals surface area contributed by atoms with Crippen molar-refractivity contribution in [2.45, 2.75) is 18.9 Å². The third kappa shape index (κ3) is 2.57. The van der Waals surface area contributed by atoms with Gasteiger partial charge in [-0.15, -0.1) is 0 Å². The molecule has 0 bridgehead atoms. The molecule has 2 heterocycles. The summed E-state index contributed by atoms with van der Waals surface area (Å²) in [6, 6.07) is 6.38. The van der Waals surface area contributed by atoms with Crippen molar-refractivity contribution >= 4 is 11.1 Å². The van der Waals surface area contributed by atoms with E-state index in [0.717, 1.165) is 38.1 Å². The number of fused-ring (bicyclic) bond motifs is 1. The van der Waals surface area contributed by atoms with Gasteiger partial charge in [0.15, 0.2) is 5.58 Å². The Hall–Kier alpha value is -1.59. The van der Waals surface area contributed by atoms with Gasteiger partial charge in [0.25, 0.3) is 0 Å². The van der Waals surface area contributed by atoms with Crippen LogP contribution in [-0.2, 0) is 18.2 Å². The fourth-order valence-corrected chi connectivity index (χ4v) is 2.48. The normalized spacial score (nSPS) is 19.9. The Morgan fingerprint density at radius 1 is 1.47 bits per heavy atom. The number of morpholine rings is 1. The summed E-state index contributed by atoms with van der Waals surface area (Å²) in [7, 11) is 1.72. The molecule has 0 aliphatic carbocycles. The van der Waals surface area contributed by atoms with Crippen LogP contribution < -0.4 is 11.1 Å². The quantitative estimate of drug-likeness (QED) is 0.898. The van der Waals surface area contributed by atoms with Crippen molar-refractivity contribution in [1.29, 1.82) is 0 Å². The minimum absolute atomic E-state index is 0.311. The molecule has 1 saturated heterocycles. The van der Waals surface area contributed by atoms with Crippen LogP contribution in [0.2, 0.25) is 0 Å². The number of rotatable bonds is 3. The molecule has 0 radical (unpaired) electrons. The second-order valence-electron chi connectivity index (χ2n) is 4.99. The van der Waals surface area contributed by atoms with Crippen LogP contribution in [0.4, 0.5) is 0 Å². The fraction of sp³-hybridized carbons (Fsp3) is 0.500. The van der Waals surface area contributed by atoms with Crippen molar-refractivity contribution in [3.05, 3.63) is 34.3 Å². The highest BCUT2D eigenvalue weighted by Crippen LogP contribution is 2.16. The van der Waals surface area contributed by atoms with Crippen LogP contribution in [0.25, 0.3) is 11.1 Å². The molecule has 5 nitrogen and oxygen atoms in total. The average molecular weight is 262 g/mol. The first kappa shape index (κ1) is 12.4. The van der Waals surface area contributed by atoms with Gasteiger partial charge in [-0.2, -0.15) is 0 Å². The maximum atomic E-state index is 11.4. The van der Waals surface area contributed by atoms with E-state index in [-0.39, 0.29) is 5.76 Å². The summed E-state index contributed by atoms with van der Waals surface area (Å²) < 4.78 is 12.2. The monoisotopic (exact) mass is 262 g/mol. The molecule has 1 aromatic heterocycles. The number of hydrogen-bond donors (Lipinski definition) is 1. The highest BCUT2D eigenvalue weighted by Gasteiger charge is 2.13. The largest absolute Gasteiger partial charge is 0.419 e. The van der Waals surface area contributed by atoms with Gasteiger partial charge >= 0.3 is 5.76 Å². The third-order valence-electron chi connectivity index (χ3n) is 3.64. The highest BCUT2D eigenvalue weighted by molar-refractivity contribution is 5.73. The summed E-state index contributed by atoms with van der Waals surface area (Å²) in [5.74, 6) is -0.311. The SMILES string of the molecule is Cn1c(=O)oc2cc(CCC3COCCN3)ccc21. The molecule has 0 amide bonds. The number of ether oxygens (including phenoxy) is 1. The van der Waals surface area contributed by atoms with Crippen molar-refractivity contribution in [1.82, 2.24) is 9.88 Å². The standard InChI is InChI=1S/C14H18N2O3/c1-16-12-5-3-10(8-13(12)19-14(16)17)2-4-11-9-18-7-6-15-11/h3,5,8,11,15H,2,4,6-7,9H2,1H3. The molecule has 1 unspecified atom stereocenters. The number of aromatic nitrogens is 1. The van der Waals surface area contributed by atoms with Crippen LogP contribution >= 0.6 is 0 Å². The van der Waals surface area contributed by atoms with Crippen LogP contribution in [0.1, 0.15) is 12.0 Å². The number of nitrogens with one attached hydrogen (secondary N) is 1. The van der Waals surface area contributed by atoms with Gasteiger partial charge in [-0.3, -0.25) is 4.57 Å². The maximum Gasteiger partial charge on any atom is 0.419 e. The van der Waals surface area contributed by atoms with Crippen molar-refractivity contribution < 1.29 is 9.15 Å².